The zero-order chi connectivity index (χ0) is 20.4. The molecule has 0 amide bonds. The minimum absolute atomic E-state index is 0.197. The van der Waals surface area contributed by atoms with Crippen LogP contribution in [0.4, 0.5) is 13.2 Å². The number of aromatic nitrogens is 3. The largest absolute Gasteiger partial charge is 0.468 e. The molecule has 10 heteroatoms. The molecule has 3 rings (SSSR count). The highest BCUT2D eigenvalue weighted by atomic mass is 19.2. The summed E-state index contributed by atoms with van der Waals surface area (Å²) in [5.74, 6) is -3.92. The van der Waals surface area contributed by atoms with Crippen molar-refractivity contribution in [2.45, 2.75) is 26.5 Å². The summed E-state index contributed by atoms with van der Waals surface area (Å²) in [6, 6.07) is 2.73. The Bertz CT molecular complexity index is 1190. The van der Waals surface area contributed by atoms with Gasteiger partial charge >= 0.3 is 5.69 Å². The first kappa shape index (κ1) is 19.3. The molecule has 0 aliphatic heterocycles. The fourth-order valence-corrected chi connectivity index (χ4v) is 2.56. The van der Waals surface area contributed by atoms with Gasteiger partial charge < -0.3 is 4.74 Å². The van der Waals surface area contributed by atoms with Crippen LogP contribution in [0, 0.1) is 17.5 Å². The molecule has 0 saturated carbocycles. The Labute approximate surface area is 155 Å². The second kappa shape index (κ2) is 7.67. The summed E-state index contributed by atoms with van der Waals surface area (Å²) < 4.78 is 48.5. The maximum absolute atomic E-state index is 14.6. The Morgan fingerprint density at radius 3 is 2.68 bits per heavy atom. The van der Waals surface area contributed by atoms with Crippen molar-refractivity contribution in [2.24, 2.45) is 4.99 Å². The molecule has 28 heavy (non-hydrogen) atoms. The van der Waals surface area contributed by atoms with Gasteiger partial charge in [0.2, 0.25) is 0 Å². The smallest absolute Gasteiger partial charge is 0.327 e. The van der Waals surface area contributed by atoms with Crippen molar-refractivity contribution in [3.63, 3.8) is 0 Å². The van der Waals surface area contributed by atoms with Gasteiger partial charge in [-0.15, -0.1) is 0 Å². The van der Waals surface area contributed by atoms with Crippen LogP contribution in [-0.2, 0) is 0 Å². The average molecular weight is 392 g/mol. The fourth-order valence-electron chi connectivity index (χ4n) is 2.56. The molecule has 0 bridgehead atoms. The lowest BCUT2D eigenvalue weighted by atomic mass is 10.1. The number of hydrogen-bond acceptors (Lipinski definition) is 5. The van der Waals surface area contributed by atoms with Crippen LogP contribution in [0.3, 0.4) is 0 Å². The molecule has 1 atom stereocenters. The molecule has 0 aliphatic carbocycles. The summed E-state index contributed by atoms with van der Waals surface area (Å²) in [6.45, 7) is 3.43. The lowest BCUT2D eigenvalue weighted by molar-refractivity contribution is 0.232. The molecule has 7 nitrogen and oxygen atoms in total. The summed E-state index contributed by atoms with van der Waals surface area (Å²) in [5.41, 5.74) is -3.22. The minimum atomic E-state index is -1.39. The van der Waals surface area contributed by atoms with Crippen molar-refractivity contribution in [3.05, 3.63) is 56.5 Å². The van der Waals surface area contributed by atoms with Crippen molar-refractivity contribution < 1.29 is 17.9 Å². The minimum Gasteiger partial charge on any atom is -0.468 e. The van der Waals surface area contributed by atoms with E-state index >= 15 is 0 Å². The molecule has 0 spiro atoms. The zero-order valence-electron chi connectivity index (χ0n) is 14.8. The van der Waals surface area contributed by atoms with Crippen LogP contribution in [0.15, 0.2) is 32.8 Å². The van der Waals surface area contributed by atoms with Crippen LogP contribution in [0.25, 0.3) is 22.3 Å². The number of ether oxygens (including phenoxy) is 1. The zero-order valence-corrected chi connectivity index (χ0v) is 14.8. The first-order chi connectivity index (χ1) is 13.3. The number of nitrogens with one attached hydrogen (secondary N) is 2. The molecule has 146 valence electrons. The Hall–Kier alpha value is -3.43. The topological polar surface area (TPSA) is 100 Å². The number of halogens is 3. The van der Waals surface area contributed by atoms with E-state index in [1.165, 1.54) is 0 Å². The highest BCUT2D eigenvalue weighted by Crippen LogP contribution is 2.35. The highest BCUT2D eigenvalue weighted by Gasteiger charge is 2.23. The van der Waals surface area contributed by atoms with Crippen molar-refractivity contribution in [1.82, 2.24) is 15.0 Å². The maximum Gasteiger partial charge on any atom is 0.327 e. The van der Waals surface area contributed by atoms with Gasteiger partial charge in [0.05, 0.1) is 10.9 Å². The summed E-state index contributed by atoms with van der Waals surface area (Å²) in [6.07, 6.45) is 1.46. The molecule has 1 aromatic carbocycles. The molecule has 3 aromatic rings. The normalized spacial score (nSPS) is 12.6. The quantitative estimate of drug-likeness (QED) is 0.652. The van der Waals surface area contributed by atoms with Crippen molar-refractivity contribution >= 4 is 17.2 Å². The number of hydrogen-bond donors (Lipinski definition) is 2. The Morgan fingerprint density at radius 2 is 1.96 bits per heavy atom. The molecule has 2 N–H and O–H groups in total. The van der Waals surface area contributed by atoms with E-state index in [2.05, 4.69) is 15.0 Å². The van der Waals surface area contributed by atoms with Gasteiger partial charge in [-0.05, 0) is 31.5 Å². The Balaban J connectivity index is 2.24. The Kier molecular flexibility index (Phi) is 5.30. The summed E-state index contributed by atoms with van der Waals surface area (Å²) in [5, 5.41) is -0.249. The van der Waals surface area contributed by atoms with Gasteiger partial charge in [0.25, 0.3) is 5.56 Å². The molecule has 1 unspecified atom stereocenters. The highest BCUT2D eigenvalue weighted by molar-refractivity contribution is 5.79. The van der Waals surface area contributed by atoms with E-state index in [1.54, 1.807) is 13.1 Å². The van der Waals surface area contributed by atoms with Gasteiger partial charge in [0, 0.05) is 6.21 Å². The van der Waals surface area contributed by atoms with E-state index in [0.29, 0.717) is 6.42 Å². The average Bonchev–Trinajstić information content (AvgIpc) is 2.64. The van der Waals surface area contributed by atoms with Gasteiger partial charge in [-0.1, -0.05) is 6.92 Å². The first-order valence-corrected chi connectivity index (χ1v) is 8.31. The van der Waals surface area contributed by atoms with E-state index in [1.807, 2.05) is 11.9 Å². The van der Waals surface area contributed by atoms with Crippen molar-refractivity contribution in [1.29, 1.82) is 0 Å². The van der Waals surface area contributed by atoms with E-state index in [0.717, 1.165) is 18.2 Å². The van der Waals surface area contributed by atoms with Gasteiger partial charge in [-0.25, -0.2) is 22.9 Å². The molecule has 0 fully saturated rings. The van der Waals surface area contributed by atoms with Crippen molar-refractivity contribution in [2.75, 3.05) is 0 Å². The predicted octanol–water partition coefficient (Wildman–Crippen LogP) is 2.90. The van der Waals surface area contributed by atoms with E-state index < -0.39 is 46.2 Å². The lowest BCUT2D eigenvalue weighted by Crippen LogP contribution is -2.22. The summed E-state index contributed by atoms with van der Waals surface area (Å²) in [7, 11) is 0. The first-order valence-electron chi connectivity index (χ1n) is 8.31. The van der Waals surface area contributed by atoms with Gasteiger partial charge in [-0.2, -0.15) is 0 Å². The fraction of sp³-hybridized carbons (Fsp3) is 0.222. The third-order valence-electron chi connectivity index (χ3n) is 3.77. The van der Waals surface area contributed by atoms with Crippen molar-refractivity contribution in [3.8, 4) is 17.0 Å². The number of fused-ring (bicyclic) bond motifs is 1. The number of aliphatic imine (C=N–C) groups is 1. The second-order valence-corrected chi connectivity index (χ2v) is 5.81. The molecule has 0 saturated heterocycles. The molecule has 2 aromatic heterocycles. The number of benzene rings is 1. The standard InChI is InChI=1S/C18H15F3N4O3/c1-3-6-22-8(2)28-12-5-4-10(19)14(21)13(12)15-11(20)7-9-16(23-15)24-18(27)25-17(9)26/h4-8H,3H2,1-2H3,(H2,23,24,25,26,27). The molecule has 0 radical (unpaired) electrons. The van der Waals surface area contributed by atoms with Crippen LogP contribution < -0.4 is 16.0 Å². The number of rotatable bonds is 5. The number of nitrogens with zero attached hydrogens (tertiary/aromatic N) is 2. The molecular weight excluding hydrogens is 377 g/mol. The SMILES string of the molecule is CCC=NC(C)Oc1ccc(F)c(F)c1-c1nc2[nH]c(=O)[nH]c(=O)c2cc1F. The van der Waals surface area contributed by atoms with Crippen LogP contribution in [-0.4, -0.2) is 27.4 Å². The number of pyridine rings is 1. The third kappa shape index (κ3) is 3.66. The molecule has 2 heterocycles. The molecular formula is C18H15F3N4O3. The monoisotopic (exact) mass is 392 g/mol. The van der Waals surface area contributed by atoms with Gasteiger partial charge in [0.15, 0.2) is 23.7 Å². The summed E-state index contributed by atoms with van der Waals surface area (Å²) in [4.78, 5) is 35.3. The Morgan fingerprint density at radius 1 is 1.21 bits per heavy atom. The van der Waals surface area contributed by atoms with Gasteiger partial charge in [0.1, 0.15) is 17.1 Å². The third-order valence-corrected chi connectivity index (χ3v) is 3.77. The number of H-pyrrole nitrogens is 2. The van der Waals surface area contributed by atoms with Crippen LogP contribution in [0.5, 0.6) is 5.75 Å². The van der Waals surface area contributed by atoms with E-state index in [4.69, 9.17) is 4.74 Å². The van der Waals surface area contributed by atoms with E-state index in [9.17, 15) is 22.8 Å². The predicted molar refractivity (Wildman–Crippen MR) is 97.2 cm³/mol. The van der Waals surface area contributed by atoms with Crippen LogP contribution in [0.1, 0.15) is 20.3 Å². The van der Waals surface area contributed by atoms with E-state index in [-0.39, 0.29) is 16.8 Å². The van der Waals surface area contributed by atoms with Crippen LogP contribution >= 0.6 is 0 Å². The second-order valence-electron chi connectivity index (χ2n) is 5.81. The van der Waals surface area contributed by atoms with Crippen LogP contribution in [0.2, 0.25) is 0 Å². The number of aromatic amines is 2. The lowest BCUT2D eigenvalue weighted by Gasteiger charge is -2.16. The van der Waals surface area contributed by atoms with Gasteiger partial charge in [-0.3, -0.25) is 19.8 Å². The summed E-state index contributed by atoms with van der Waals surface area (Å²) >= 11 is 0. The molecule has 0 aliphatic rings. The maximum atomic E-state index is 14.6.